The summed E-state index contributed by atoms with van der Waals surface area (Å²) < 4.78 is 30.1. The third-order valence-electron chi connectivity index (χ3n) is 5.54. The predicted molar refractivity (Wildman–Crippen MR) is 110 cm³/mol. The Morgan fingerprint density at radius 3 is 2.83 bits per heavy atom. The van der Waals surface area contributed by atoms with Crippen molar-refractivity contribution in [2.45, 2.75) is 62.6 Å². The first-order valence-corrected chi connectivity index (χ1v) is 11.8. The van der Waals surface area contributed by atoms with Crippen LogP contribution in [0.3, 0.4) is 0 Å². The topological polar surface area (TPSA) is 100 Å². The summed E-state index contributed by atoms with van der Waals surface area (Å²) in [6.07, 6.45) is 4.87. The highest BCUT2D eigenvalue weighted by molar-refractivity contribution is 7.89. The first-order chi connectivity index (χ1) is 13.9. The lowest BCUT2D eigenvalue weighted by atomic mass is 10.1. The van der Waals surface area contributed by atoms with Crippen LogP contribution in [0.5, 0.6) is 0 Å². The number of benzene rings is 1. The molecule has 2 fully saturated rings. The van der Waals surface area contributed by atoms with Crippen LogP contribution in [0, 0.1) is 4.77 Å². The van der Waals surface area contributed by atoms with Crippen LogP contribution in [0.2, 0.25) is 0 Å². The van der Waals surface area contributed by atoms with Gasteiger partial charge in [-0.25, -0.2) is 8.42 Å². The van der Waals surface area contributed by atoms with Gasteiger partial charge in [-0.1, -0.05) is 12.5 Å². The zero-order valence-electron chi connectivity index (χ0n) is 16.3. The number of piperidine rings is 1. The van der Waals surface area contributed by atoms with Gasteiger partial charge >= 0.3 is 0 Å². The standard InChI is InChI=1S/C19H25N5O3S2/c1-13-5-2-3-10-23(13)29(26,27)16-7-4-6-14(11-16)18(25)20-12-17-21-22-19(28)24(17)15-8-9-15/h4,6-7,11,13,15H,2-3,5,8-10,12H2,1H3,(H,20,25)(H,22,28). The third-order valence-corrected chi connectivity index (χ3v) is 7.84. The van der Waals surface area contributed by atoms with Crippen molar-refractivity contribution in [3.05, 3.63) is 40.4 Å². The molecule has 0 spiro atoms. The lowest BCUT2D eigenvalue weighted by molar-refractivity contribution is 0.0949. The fraction of sp³-hybridized carbons (Fsp3) is 0.526. The summed E-state index contributed by atoms with van der Waals surface area (Å²) in [7, 11) is -3.62. The van der Waals surface area contributed by atoms with Crippen LogP contribution < -0.4 is 5.32 Å². The number of hydrogen-bond acceptors (Lipinski definition) is 5. The number of nitrogens with one attached hydrogen (secondary N) is 2. The van der Waals surface area contributed by atoms with E-state index < -0.39 is 10.0 Å². The Hall–Kier alpha value is -2.04. The smallest absolute Gasteiger partial charge is 0.251 e. The maximum atomic E-state index is 13.0. The molecule has 1 aromatic carbocycles. The molecule has 0 radical (unpaired) electrons. The molecule has 1 atom stereocenters. The van der Waals surface area contributed by atoms with Crippen LogP contribution in [0.4, 0.5) is 0 Å². The Morgan fingerprint density at radius 1 is 1.31 bits per heavy atom. The Kier molecular flexibility index (Phi) is 5.58. The van der Waals surface area contributed by atoms with Crippen LogP contribution in [0.15, 0.2) is 29.2 Å². The molecule has 2 aliphatic rings. The van der Waals surface area contributed by atoms with E-state index in [1.54, 1.807) is 22.5 Å². The number of carbonyl (C=O) groups excluding carboxylic acids is 1. The van der Waals surface area contributed by atoms with Gasteiger partial charge in [-0.2, -0.15) is 9.40 Å². The highest BCUT2D eigenvalue weighted by Crippen LogP contribution is 2.35. The van der Waals surface area contributed by atoms with Gasteiger partial charge in [-0.3, -0.25) is 14.5 Å². The van der Waals surface area contributed by atoms with Crippen LogP contribution >= 0.6 is 12.2 Å². The second-order valence-corrected chi connectivity index (χ2v) is 9.99. The van der Waals surface area contributed by atoms with E-state index in [1.807, 2.05) is 11.5 Å². The third kappa shape index (κ3) is 4.15. The van der Waals surface area contributed by atoms with E-state index in [2.05, 4.69) is 15.5 Å². The first kappa shape index (κ1) is 20.2. The Bertz CT molecular complexity index is 1070. The molecule has 1 unspecified atom stereocenters. The molecule has 1 saturated heterocycles. The summed E-state index contributed by atoms with van der Waals surface area (Å²) in [5.41, 5.74) is 0.308. The number of aromatic amines is 1. The summed E-state index contributed by atoms with van der Waals surface area (Å²) >= 11 is 5.25. The molecule has 4 rings (SSSR count). The molecule has 8 nitrogen and oxygen atoms in total. The average Bonchev–Trinajstić information content (AvgIpc) is 3.48. The van der Waals surface area contributed by atoms with E-state index in [-0.39, 0.29) is 23.4 Å². The molecule has 1 aliphatic heterocycles. The number of H-pyrrole nitrogens is 1. The number of rotatable bonds is 6. The molecule has 1 amide bonds. The van der Waals surface area contributed by atoms with E-state index in [4.69, 9.17) is 12.2 Å². The Balaban J connectivity index is 1.49. The summed E-state index contributed by atoms with van der Waals surface area (Å²) in [6, 6.07) is 6.54. The number of hydrogen-bond donors (Lipinski definition) is 2. The van der Waals surface area contributed by atoms with Crippen LogP contribution in [-0.2, 0) is 16.6 Å². The average molecular weight is 436 g/mol. The van der Waals surface area contributed by atoms with Crippen molar-refractivity contribution >= 4 is 28.1 Å². The largest absolute Gasteiger partial charge is 0.345 e. The van der Waals surface area contributed by atoms with E-state index in [0.717, 1.165) is 32.1 Å². The summed E-state index contributed by atoms with van der Waals surface area (Å²) in [5, 5.41) is 9.79. The lowest BCUT2D eigenvalue weighted by Crippen LogP contribution is -2.42. The quantitative estimate of drug-likeness (QED) is 0.680. The molecule has 1 aliphatic carbocycles. The van der Waals surface area contributed by atoms with Gasteiger partial charge in [-0.15, -0.1) is 0 Å². The summed E-state index contributed by atoms with van der Waals surface area (Å²) in [4.78, 5) is 12.8. The Morgan fingerprint density at radius 2 is 2.10 bits per heavy atom. The van der Waals surface area contributed by atoms with Gasteiger partial charge in [0.1, 0.15) is 0 Å². The Labute approximate surface area is 175 Å². The fourth-order valence-electron chi connectivity index (χ4n) is 3.79. The highest BCUT2D eigenvalue weighted by Gasteiger charge is 2.31. The zero-order chi connectivity index (χ0) is 20.6. The van der Waals surface area contributed by atoms with Gasteiger partial charge in [-0.05, 0) is 63.0 Å². The van der Waals surface area contributed by atoms with E-state index >= 15 is 0 Å². The fourth-order valence-corrected chi connectivity index (χ4v) is 5.84. The van der Waals surface area contributed by atoms with E-state index in [1.165, 1.54) is 6.07 Å². The van der Waals surface area contributed by atoms with Gasteiger partial charge in [0.15, 0.2) is 10.6 Å². The monoisotopic (exact) mass is 435 g/mol. The van der Waals surface area contributed by atoms with Crippen LogP contribution in [-0.4, -0.2) is 46.0 Å². The SMILES string of the molecule is CC1CCCCN1S(=O)(=O)c1cccc(C(=O)NCc2n[nH]c(=S)n2C2CC2)c1. The molecule has 0 bridgehead atoms. The molecule has 10 heteroatoms. The van der Waals surface area contributed by atoms with Crippen molar-refractivity contribution in [3.63, 3.8) is 0 Å². The van der Waals surface area contributed by atoms with Gasteiger partial charge in [0.05, 0.1) is 11.4 Å². The van der Waals surface area contributed by atoms with E-state index in [0.29, 0.717) is 28.7 Å². The molecule has 29 heavy (non-hydrogen) atoms. The zero-order valence-corrected chi connectivity index (χ0v) is 17.9. The molecule has 2 N–H and O–H groups in total. The maximum absolute atomic E-state index is 13.0. The van der Waals surface area contributed by atoms with Gasteiger partial charge in [0, 0.05) is 24.2 Å². The predicted octanol–water partition coefficient (Wildman–Crippen LogP) is 2.77. The minimum atomic E-state index is -3.62. The lowest BCUT2D eigenvalue weighted by Gasteiger charge is -2.32. The molecule has 2 aromatic rings. The second-order valence-electron chi connectivity index (χ2n) is 7.72. The van der Waals surface area contributed by atoms with E-state index in [9.17, 15) is 13.2 Å². The number of amides is 1. The molecular formula is C19H25N5O3S2. The van der Waals surface area contributed by atoms with Crippen LogP contribution in [0.1, 0.15) is 61.3 Å². The summed E-state index contributed by atoms with van der Waals surface area (Å²) in [5.74, 6) is 0.335. The first-order valence-electron chi connectivity index (χ1n) is 9.94. The molecule has 2 heterocycles. The number of nitrogens with zero attached hydrogens (tertiary/aromatic N) is 3. The van der Waals surface area contributed by atoms with Crippen molar-refractivity contribution < 1.29 is 13.2 Å². The van der Waals surface area contributed by atoms with Gasteiger partial charge in [0.25, 0.3) is 5.91 Å². The van der Waals surface area contributed by atoms with Crippen molar-refractivity contribution in [1.29, 1.82) is 0 Å². The highest BCUT2D eigenvalue weighted by atomic mass is 32.2. The molecular weight excluding hydrogens is 410 g/mol. The number of aromatic nitrogens is 3. The van der Waals surface area contributed by atoms with Gasteiger partial charge in [0.2, 0.25) is 10.0 Å². The maximum Gasteiger partial charge on any atom is 0.251 e. The minimum Gasteiger partial charge on any atom is -0.345 e. The van der Waals surface area contributed by atoms with Crippen molar-refractivity contribution in [1.82, 2.24) is 24.4 Å². The molecule has 1 aromatic heterocycles. The van der Waals surface area contributed by atoms with Crippen LogP contribution in [0.25, 0.3) is 0 Å². The minimum absolute atomic E-state index is 0.0312. The molecule has 1 saturated carbocycles. The molecule has 156 valence electrons. The number of sulfonamides is 1. The second kappa shape index (κ2) is 8.00. The van der Waals surface area contributed by atoms with Crippen molar-refractivity contribution in [3.8, 4) is 0 Å². The van der Waals surface area contributed by atoms with Gasteiger partial charge < -0.3 is 5.32 Å². The normalized spacial score (nSPS) is 20.5. The number of carbonyl (C=O) groups is 1. The summed E-state index contributed by atoms with van der Waals surface area (Å²) in [6.45, 7) is 2.67. The van der Waals surface area contributed by atoms with Crippen molar-refractivity contribution in [2.24, 2.45) is 0 Å². The van der Waals surface area contributed by atoms with Crippen molar-refractivity contribution in [2.75, 3.05) is 6.54 Å².